The molecule has 0 amide bonds. The van der Waals surface area contributed by atoms with Crippen LogP contribution < -0.4 is 9.47 Å². The highest BCUT2D eigenvalue weighted by atomic mass is 35.5. The molecule has 2 aliphatic rings. The van der Waals surface area contributed by atoms with Crippen LogP contribution in [0.3, 0.4) is 0 Å². The number of hydrogen-bond acceptors (Lipinski definition) is 3. The maximum Gasteiger partial charge on any atom is 0.162 e. The highest BCUT2D eigenvalue weighted by molar-refractivity contribution is 6.31. The van der Waals surface area contributed by atoms with Crippen molar-refractivity contribution in [3.8, 4) is 11.5 Å². The van der Waals surface area contributed by atoms with E-state index in [-0.39, 0.29) is 0 Å². The van der Waals surface area contributed by atoms with Crippen molar-refractivity contribution in [3.05, 3.63) is 22.7 Å². The molecule has 4 heteroatoms. The molecular formula is C15H19ClO3. The molecule has 0 heterocycles. The van der Waals surface area contributed by atoms with E-state index in [0.29, 0.717) is 22.4 Å². The van der Waals surface area contributed by atoms with Crippen LogP contribution in [0.4, 0.5) is 0 Å². The first-order valence-electron chi connectivity index (χ1n) is 6.73. The minimum atomic E-state index is -0.500. The highest BCUT2D eigenvalue weighted by Gasteiger charge is 2.48. The molecule has 19 heavy (non-hydrogen) atoms. The third-order valence-corrected chi connectivity index (χ3v) is 4.88. The topological polar surface area (TPSA) is 38.7 Å². The highest BCUT2D eigenvalue weighted by Crippen LogP contribution is 2.57. The monoisotopic (exact) mass is 282 g/mol. The number of aliphatic hydroxyl groups is 1. The van der Waals surface area contributed by atoms with Gasteiger partial charge in [-0.2, -0.15) is 0 Å². The van der Waals surface area contributed by atoms with E-state index in [9.17, 15) is 5.11 Å². The molecule has 0 saturated heterocycles. The smallest absolute Gasteiger partial charge is 0.162 e. The molecule has 2 saturated carbocycles. The number of rotatable bonds is 4. The number of halogens is 1. The van der Waals surface area contributed by atoms with Crippen LogP contribution in [0.25, 0.3) is 0 Å². The largest absolute Gasteiger partial charge is 0.493 e. The number of methoxy groups -OCH3 is 2. The van der Waals surface area contributed by atoms with Crippen molar-refractivity contribution < 1.29 is 14.6 Å². The Labute approximate surface area is 118 Å². The summed E-state index contributed by atoms with van der Waals surface area (Å²) in [5, 5.41) is 11.1. The molecule has 3 unspecified atom stereocenters. The van der Waals surface area contributed by atoms with E-state index in [4.69, 9.17) is 21.1 Å². The fourth-order valence-electron chi connectivity index (χ4n) is 3.37. The van der Waals surface area contributed by atoms with Crippen LogP contribution in [0, 0.1) is 17.8 Å². The predicted molar refractivity (Wildman–Crippen MR) is 73.8 cm³/mol. The zero-order chi connectivity index (χ0) is 13.6. The van der Waals surface area contributed by atoms with Crippen molar-refractivity contribution in [1.29, 1.82) is 0 Å². The van der Waals surface area contributed by atoms with Gasteiger partial charge in [-0.25, -0.2) is 0 Å². The molecule has 1 N–H and O–H groups in total. The van der Waals surface area contributed by atoms with Gasteiger partial charge in [0, 0.05) is 11.6 Å². The molecule has 0 spiro atoms. The lowest BCUT2D eigenvalue weighted by molar-refractivity contribution is 0.104. The lowest BCUT2D eigenvalue weighted by atomic mass is 9.91. The van der Waals surface area contributed by atoms with Crippen molar-refractivity contribution in [2.45, 2.75) is 25.4 Å². The first-order valence-corrected chi connectivity index (χ1v) is 7.11. The third kappa shape index (κ3) is 2.30. The number of benzene rings is 1. The zero-order valence-electron chi connectivity index (χ0n) is 11.2. The van der Waals surface area contributed by atoms with Crippen molar-refractivity contribution in [3.63, 3.8) is 0 Å². The molecule has 2 aliphatic carbocycles. The molecule has 0 aliphatic heterocycles. The molecule has 2 fully saturated rings. The van der Waals surface area contributed by atoms with Crippen molar-refractivity contribution in [1.82, 2.24) is 0 Å². The van der Waals surface area contributed by atoms with Gasteiger partial charge in [0.2, 0.25) is 0 Å². The summed E-state index contributed by atoms with van der Waals surface area (Å²) in [7, 11) is 3.17. The van der Waals surface area contributed by atoms with E-state index in [1.807, 2.05) is 0 Å². The number of fused-ring (bicyclic) bond motifs is 1. The first-order chi connectivity index (χ1) is 9.13. The van der Waals surface area contributed by atoms with E-state index >= 15 is 0 Å². The second-order valence-electron chi connectivity index (χ2n) is 5.66. The molecule has 3 nitrogen and oxygen atoms in total. The van der Waals surface area contributed by atoms with Gasteiger partial charge in [-0.3, -0.25) is 0 Å². The fraction of sp³-hybridized carbons (Fsp3) is 0.600. The molecule has 0 bridgehead atoms. The summed E-state index contributed by atoms with van der Waals surface area (Å²) in [4.78, 5) is 0. The Kier molecular flexibility index (Phi) is 3.35. The Bertz CT molecular complexity index is 479. The molecular weight excluding hydrogens is 264 g/mol. The van der Waals surface area contributed by atoms with Crippen molar-refractivity contribution >= 4 is 11.6 Å². The maximum absolute atomic E-state index is 10.5. The first kappa shape index (κ1) is 13.1. The second-order valence-corrected chi connectivity index (χ2v) is 6.07. The quantitative estimate of drug-likeness (QED) is 0.919. The van der Waals surface area contributed by atoms with Crippen LogP contribution in [0.5, 0.6) is 11.5 Å². The number of aliphatic hydroxyl groups excluding tert-OH is 1. The molecule has 104 valence electrons. The summed E-state index contributed by atoms with van der Waals surface area (Å²) in [6, 6.07) is 3.52. The van der Waals surface area contributed by atoms with Gasteiger partial charge < -0.3 is 14.6 Å². The summed E-state index contributed by atoms with van der Waals surface area (Å²) in [6.45, 7) is 0. The lowest BCUT2D eigenvalue weighted by Crippen LogP contribution is -2.12. The van der Waals surface area contributed by atoms with Gasteiger partial charge in [0.15, 0.2) is 11.5 Å². The summed E-state index contributed by atoms with van der Waals surface area (Å²) in [5.74, 6) is 3.23. The van der Waals surface area contributed by atoms with E-state index in [0.717, 1.165) is 30.2 Å². The van der Waals surface area contributed by atoms with Gasteiger partial charge in [0.05, 0.1) is 25.3 Å². The Morgan fingerprint density at radius 1 is 1.11 bits per heavy atom. The molecule has 1 aromatic carbocycles. The Balaban J connectivity index is 1.86. The Morgan fingerprint density at radius 3 is 2.26 bits per heavy atom. The van der Waals surface area contributed by atoms with Crippen LogP contribution >= 0.6 is 11.6 Å². The van der Waals surface area contributed by atoms with Crippen LogP contribution in [0.15, 0.2) is 12.1 Å². The Hall–Kier alpha value is -0.930. The van der Waals surface area contributed by atoms with Gasteiger partial charge in [-0.05, 0) is 43.1 Å². The normalized spacial score (nSPS) is 29.8. The average molecular weight is 283 g/mol. The van der Waals surface area contributed by atoms with Gasteiger partial charge >= 0.3 is 0 Å². The molecule has 3 atom stereocenters. The predicted octanol–water partition coefficient (Wildman–Crippen LogP) is 3.44. The van der Waals surface area contributed by atoms with Crippen molar-refractivity contribution in [2.24, 2.45) is 17.8 Å². The van der Waals surface area contributed by atoms with Gasteiger partial charge in [0.1, 0.15) is 0 Å². The summed E-state index contributed by atoms with van der Waals surface area (Å²) in [6.07, 6.45) is 3.09. The van der Waals surface area contributed by atoms with Crippen LogP contribution in [-0.2, 0) is 0 Å². The van der Waals surface area contributed by atoms with E-state index in [1.54, 1.807) is 26.4 Å². The SMILES string of the molecule is COc1cc(Cl)c(C(O)C2CC3CC3C2)cc1OC. The standard InChI is InChI=1S/C15H19ClO3/c1-18-13-6-11(12(16)7-14(13)19-2)15(17)10-4-8-3-9(8)5-10/h6-10,15,17H,3-5H2,1-2H3. The molecule has 0 radical (unpaired) electrons. The number of hydrogen-bond donors (Lipinski definition) is 1. The van der Waals surface area contributed by atoms with Gasteiger partial charge in [-0.15, -0.1) is 0 Å². The van der Waals surface area contributed by atoms with E-state index < -0.39 is 6.10 Å². The fourth-order valence-corrected chi connectivity index (χ4v) is 3.64. The maximum atomic E-state index is 10.5. The summed E-state index contributed by atoms with van der Waals surface area (Å²) in [5.41, 5.74) is 0.755. The number of ether oxygens (including phenoxy) is 2. The minimum Gasteiger partial charge on any atom is -0.493 e. The second kappa shape index (κ2) is 4.88. The minimum absolute atomic E-state index is 0.333. The molecule has 1 aromatic rings. The van der Waals surface area contributed by atoms with Gasteiger partial charge in [-0.1, -0.05) is 11.6 Å². The Morgan fingerprint density at radius 2 is 1.68 bits per heavy atom. The average Bonchev–Trinajstić information content (AvgIpc) is 3.04. The van der Waals surface area contributed by atoms with Crippen LogP contribution in [-0.4, -0.2) is 19.3 Å². The molecule has 0 aromatic heterocycles. The molecule has 3 rings (SSSR count). The lowest BCUT2D eigenvalue weighted by Gasteiger charge is -2.22. The van der Waals surface area contributed by atoms with Crippen molar-refractivity contribution in [2.75, 3.05) is 14.2 Å². The van der Waals surface area contributed by atoms with E-state index in [1.165, 1.54) is 6.42 Å². The van der Waals surface area contributed by atoms with Crippen LogP contribution in [0.2, 0.25) is 5.02 Å². The summed E-state index contributed by atoms with van der Waals surface area (Å²) >= 11 is 6.26. The van der Waals surface area contributed by atoms with Gasteiger partial charge in [0.25, 0.3) is 0 Å². The third-order valence-electron chi connectivity index (χ3n) is 4.55. The zero-order valence-corrected chi connectivity index (χ0v) is 12.0. The van der Waals surface area contributed by atoms with Crippen LogP contribution in [0.1, 0.15) is 30.9 Å². The summed E-state index contributed by atoms with van der Waals surface area (Å²) < 4.78 is 10.5. The van der Waals surface area contributed by atoms with E-state index in [2.05, 4.69) is 0 Å².